The van der Waals surface area contributed by atoms with E-state index in [9.17, 15) is 18.0 Å². The molecule has 0 saturated carbocycles. The quantitative estimate of drug-likeness (QED) is 0.665. The zero-order valence-electron chi connectivity index (χ0n) is 15.6. The third kappa shape index (κ3) is 4.53. The topological polar surface area (TPSA) is 84.0 Å². The molecule has 0 bridgehead atoms. The summed E-state index contributed by atoms with van der Waals surface area (Å²) < 4.78 is 47.0. The zero-order chi connectivity index (χ0) is 21.0. The van der Waals surface area contributed by atoms with Gasteiger partial charge >= 0.3 is 6.03 Å². The van der Waals surface area contributed by atoms with Crippen LogP contribution in [0.1, 0.15) is 11.5 Å². The summed E-state index contributed by atoms with van der Waals surface area (Å²) in [5.74, 6) is -2.61. The smallest absolute Gasteiger partial charge is 0.319 e. The number of ether oxygens (including phenoxy) is 1. The van der Waals surface area contributed by atoms with Crippen molar-refractivity contribution in [1.29, 1.82) is 0 Å². The van der Waals surface area contributed by atoms with Crippen LogP contribution in [-0.4, -0.2) is 38.7 Å². The zero-order valence-corrected chi connectivity index (χ0v) is 15.6. The molecule has 3 N–H and O–H groups in total. The molecular weight excluding hydrogens is 389 g/mol. The van der Waals surface area contributed by atoms with Gasteiger partial charge in [-0.15, -0.1) is 0 Å². The third-order valence-electron chi connectivity index (χ3n) is 4.44. The minimum atomic E-state index is -0.896. The molecule has 0 radical (unpaired) electrons. The van der Waals surface area contributed by atoms with Crippen molar-refractivity contribution in [3.05, 3.63) is 59.4 Å². The molecular formula is C19H19F3N4O3. The first kappa shape index (κ1) is 20.3. The number of amides is 2. The van der Waals surface area contributed by atoms with E-state index < -0.39 is 35.4 Å². The summed E-state index contributed by atoms with van der Waals surface area (Å²) in [6.45, 7) is 0.115. The fourth-order valence-corrected chi connectivity index (χ4v) is 3.13. The average molecular weight is 408 g/mol. The van der Waals surface area contributed by atoms with Crippen LogP contribution in [0, 0.1) is 17.5 Å². The number of nitrogens with one attached hydrogen (secondary N) is 3. The van der Waals surface area contributed by atoms with Gasteiger partial charge in [0.1, 0.15) is 36.4 Å². The summed E-state index contributed by atoms with van der Waals surface area (Å²) in [5, 5.41) is 11.8. The van der Waals surface area contributed by atoms with Crippen LogP contribution in [0.3, 0.4) is 0 Å². The molecule has 2 atom stereocenters. The van der Waals surface area contributed by atoms with E-state index in [1.807, 2.05) is 0 Å². The van der Waals surface area contributed by atoms with Crippen LogP contribution in [-0.2, 0) is 4.84 Å². The van der Waals surface area contributed by atoms with E-state index in [0.717, 1.165) is 12.1 Å². The van der Waals surface area contributed by atoms with Gasteiger partial charge in [0.15, 0.2) is 5.84 Å². The normalized spacial score (nSPS) is 19.6. The molecule has 154 valence electrons. The van der Waals surface area contributed by atoms with E-state index >= 15 is 0 Å². The second-order valence-electron chi connectivity index (χ2n) is 6.23. The van der Waals surface area contributed by atoms with Gasteiger partial charge < -0.3 is 25.5 Å². The highest BCUT2D eigenvalue weighted by atomic mass is 19.1. The summed E-state index contributed by atoms with van der Waals surface area (Å²) in [7, 11) is 2.62. The monoisotopic (exact) mass is 408 g/mol. The Bertz CT molecular complexity index is 898. The number of carbonyl (C=O) groups is 1. The molecule has 2 aromatic carbocycles. The number of halogens is 3. The molecule has 1 aliphatic heterocycles. The first-order valence-corrected chi connectivity index (χ1v) is 8.64. The Morgan fingerprint density at radius 3 is 2.38 bits per heavy atom. The van der Waals surface area contributed by atoms with Crippen LogP contribution in [0.25, 0.3) is 0 Å². The van der Waals surface area contributed by atoms with Crippen molar-refractivity contribution in [3.8, 4) is 5.75 Å². The van der Waals surface area contributed by atoms with Crippen LogP contribution >= 0.6 is 0 Å². The second-order valence-corrected chi connectivity index (χ2v) is 6.23. The Morgan fingerprint density at radius 1 is 1.14 bits per heavy atom. The number of rotatable bonds is 5. The number of nitrogens with zero attached hydrogens (tertiary/aromatic N) is 1. The van der Waals surface area contributed by atoms with E-state index in [4.69, 9.17) is 9.57 Å². The first-order valence-electron chi connectivity index (χ1n) is 8.64. The van der Waals surface area contributed by atoms with Gasteiger partial charge in [0.2, 0.25) is 0 Å². The van der Waals surface area contributed by atoms with Gasteiger partial charge in [-0.05, 0) is 24.3 Å². The second kappa shape index (κ2) is 8.72. The van der Waals surface area contributed by atoms with Gasteiger partial charge in [-0.25, -0.2) is 18.0 Å². The van der Waals surface area contributed by atoms with Crippen molar-refractivity contribution in [1.82, 2.24) is 10.6 Å². The SMILES string of the molecule is CO/N=C1\NCC(c2c(F)cc(OC)cc2F)C1NC(=O)Nc1ccc(F)cc1. The Kier molecular flexibility index (Phi) is 6.10. The third-order valence-corrected chi connectivity index (χ3v) is 4.44. The Hall–Kier alpha value is -3.43. The van der Waals surface area contributed by atoms with Crippen molar-refractivity contribution in [2.75, 3.05) is 26.1 Å². The Labute approximate surface area is 164 Å². The molecule has 7 nitrogen and oxygen atoms in total. The molecule has 3 rings (SSSR count). The van der Waals surface area contributed by atoms with E-state index in [1.165, 1.54) is 38.5 Å². The Balaban J connectivity index is 1.85. The van der Waals surface area contributed by atoms with Crippen LogP contribution in [0.2, 0.25) is 0 Å². The maximum absolute atomic E-state index is 14.6. The molecule has 2 aromatic rings. The van der Waals surface area contributed by atoms with E-state index in [1.54, 1.807) is 0 Å². The molecule has 1 heterocycles. The standard InChI is InChI=1S/C19H19F3N4O3/c1-28-12-7-14(21)16(15(22)8-12)13-9-23-18(26-29-2)17(13)25-19(27)24-11-5-3-10(20)4-6-11/h3-8,13,17H,9H2,1-2H3,(H,23,26)(H2,24,25,27). The summed E-state index contributed by atoms with van der Waals surface area (Å²) in [5.41, 5.74) is 0.130. The van der Waals surface area contributed by atoms with Crippen LogP contribution in [0.5, 0.6) is 5.75 Å². The molecule has 0 spiro atoms. The minimum absolute atomic E-state index is 0.0408. The van der Waals surface area contributed by atoms with E-state index in [0.29, 0.717) is 5.69 Å². The lowest BCUT2D eigenvalue weighted by molar-refractivity contribution is 0.210. The maximum atomic E-state index is 14.6. The minimum Gasteiger partial charge on any atom is -0.497 e. The van der Waals surface area contributed by atoms with E-state index in [2.05, 4.69) is 21.1 Å². The van der Waals surface area contributed by atoms with E-state index in [-0.39, 0.29) is 23.7 Å². The number of carbonyl (C=O) groups excluding carboxylic acids is 1. The van der Waals surface area contributed by atoms with Gasteiger partial charge in [-0.2, -0.15) is 0 Å². The fraction of sp³-hybridized carbons (Fsp3) is 0.263. The lowest BCUT2D eigenvalue weighted by Gasteiger charge is -2.21. The number of amidine groups is 1. The van der Waals surface area contributed by atoms with Crippen LogP contribution in [0.4, 0.5) is 23.7 Å². The number of hydrogen-bond acceptors (Lipinski definition) is 4. The summed E-state index contributed by atoms with van der Waals surface area (Å²) in [4.78, 5) is 17.2. The molecule has 1 saturated heterocycles. The van der Waals surface area contributed by atoms with Crippen LogP contribution in [0.15, 0.2) is 41.6 Å². The van der Waals surface area contributed by atoms with Gasteiger partial charge in [0.25, 0.3) is 0 Å². The summed E-state index contributed by atoms with van der Waals surface area (Å²) in [6, 6.07) is 5.73. The summed E-state index contributed by atoms with van der Waals surface area (Å²) in [6.07, 6.45) is 0. The molecule has 29 heavy (non-hydrogen) atoms. The van der Waals surface area contributed by atoms with Gasteiger partial charge in [0.05, 0.1) is 7.11 Å². The molecule has 1 aliphatic rings. The number of urea groups is 1. The predicted molar refractivity (Wildman–Crippen MR) is 100 cm³/mol. The molecule has 2 amide bonds. The highest BCUT2D eigenvalue weighted by Crippen LogP contribution is 2.31. The Morgan fingerprint density at radius 2 is 1.79 bits per heavy atom. The number of anilines is 1. The van der Waals surface area contributed by atoms with Crippen molar-refractivity contribution >= 4 is 17.6 Å². The van der Waals surface area contributed by atoms with Crippen molar-refractivity contribution in [2.24, 2.45) is 5.16 Å². The number of benzene rings is 2. The maximum Gasteiger partial charge on any atom is 0.319 e. The number of methoxy groups -OCH3 is 1. The average Bonchev–Trinajstić information content (AvgIpc) is 3.05. The largest absolute Gasteiger partial charge is 0.497 e. The molecule has 1 fully saturated rings. The predicted octanol–water partition coefficient (Wildman–Crippen LogP) is 2.95. The summed E-state index contributed by atoms with van der Waals surface area (Å²) >= 11 is 0. The van der Waals surface area contributed by atoms with Gasteiger partial charge in [0, 0.05) is 35.8 Å². The highest BCUT2D eigenvalue weighted by molar-refractivity contribution is 5.97. The van der Waals surface area contributed by atoms with Crippen LogP contribution < -0.4 is 20.7 Å². The molecule has 2 unspecified atom stereocenters. The lowest BCUT2D eigenvalue weighted by Crippen LogP contribution is -2.45. The van der Waals surface area contributed by atoms with Crippen molar-refractivity contribution in [3.63, 3.8) is 0 Å². The highest BCUT2D eigenvalue weighted by Gasteiger charge is 2.39. The molecule has 0 aliphatic carbocycles. The van der Waals surface area contributed by atoms with Gasteiger partial charge in [-0.3, -0.25) is 0 Å². The fourth-order valence-electron chi connectivity index (χ4n) is 3.13. The van der Waals surface area contributed by atoms with Crippen molar-refractivity contribution in [2.45, 2.75) is 12.0 Å². The number of oxime groups is 1. The first-order chi connectivity index (χ1) is 13.9. The number of hydrogen-bond donors (Lipinski definition) is 3. The molecule has 0 aromatic heterocycles. The lowest BCUT2D eigenvalue weighted by atomic mass is 9.92. The van der Waals surface area contributed by atoms with Gasteiger partial charge in [-0.1, -0.05) is 5.16 Å². The molecule has 10 heteroatoms. The van der Waals surface area contributed by atoms with Crippen molar-refractivity contribution < 1.29 is 27.5 Å².